The molecule has 5 aromatic rings. The molecule has 0 unspecified atom stereocenters. The van der Waals surface area contributed by atoms with E-state index in [1.165, 1.54) is 21.5 Å². The number of hydrogen-bond donors (Lipinski definition) is 2. The number of nitrogens with zero attached hydrogens (tertiary/aromatic N) is 3. The highest BCUT2D eigenvalue weighted by Gasteiger charge is 2.47. The van der Waals surface area contributed by atoms with Crippen LogP contribution >= 0.6 is 0 Å². The first-order valence-corrected chi connectivity index (χ1v) is 25.1. The number of rotatable bonds is 16. The van der Waals surface area contributed by atoms with Gasteiger partial charge in [0.2, 0.25) is 0 Å². The maximum Gasteiger partial charge on any atom is 0.330 e. The molecule has 66 heavy (non-hydrogen) atoms. The molecule has 0 spiro atoms. The highest BCUT2D eigenvalue weighted by molar-refractivity contribution is 6.74. The van der Waals surface area contributed by atoms with E-state index in [-0.39, 0.29) is 30.5 Å². The van der Waals surface area contributed by atoms with Gasteiger partial charge in [0, 0.05) is 42.3 Å². The summed E-state index contributed by atoms with van der Waals surface area (Å²) in [6, 6.07) is 25.2. The number of methoxy groups -OCH3 is 2. The summed E-state index contributed by atoms with van der Waals surface area (Å²) in [4.78, 5) is 55.6. The van der Waals surface area contributed by atoms with Crippen LogP contribution in [0.25, 0.3) is 0 Å². The second-order valence-corrected chi connectivity index (χ2v) is 23.5. The van der Waals surface area contributed by atoms with Crippen LogP contribution in [0.2, 0.25) is 18.1 Å². The maximum absolute atomic E-state index is 14.1. The van der Waals surface area contributed by atoms with E-state index in [4.69, 9.17) is 28.1 Å². The van der Waals surface area contributed by atoms with Crippen LogP contribution in [0, 0.1) is 25.0 Å². The molecule has 7 rings (SSSR count). The largest absolute Gasteiger partial charge is 0.624 e. The summed E-state index contributed by atoms with van der Waals surface area (Å²) in [5.41, 5.74) is -0.174. The molecule has 2 aliphatic heterocycles. The third-order valence-corrected chi connectivity index (χ3v) is 17.8. The van der Waals surface area contributed by atoms with Crippen molar-refractivity contribution in [3.63, 3.8) is 0 Å². The van der Waals surface area contributed by atoms with Gasteiger partial charge < -0.3 is 33.3 Å². The van der Waals surface area contributed by atoms with E-state index < -0.39 is 67.2 Å². The number of nitrogens with one attached hydrogen (secondary N) is 2. The quantitative estimate of drug-likeness (QED) is 0.0283. The minimum Gasteiger partial charge on any atom is -0.624 e. The molecular formula is C49H61N5O11Si. The Hall–Kier alpha value is -5.85. The molecule has 17 heteroatoms. The van der Waals surface area contributed by atoms with Gasteiger partial charge in [-0.25, -0.2) is 14.3 Å². The number of hydroxylamine groups is 1. The van der Waals surface area contributed by atoms with E-state index in [2.05, 4.69) is 43.8 Å². The van der Waals surface area contributed by atoms with Gasteiger partial charge in [-0.05, 0) is 79.4 Å². The molecule has 0 saturated carbocycles. The standard InChI is InChI=1S/C49H61N5O11Si/c1-31-27-53(46(57)50-44(31)55)42-25-33(23-24-52(59)29-40-39(65-66(8,9)48(3,4)5)26-43(63-40)54-28-32(2)45(56)51-47(54)58)41(64-42)30-62-49(34-13-11-10-12-14-34,35-15-19-37(60-6)20-16-35)36-17-21-38(61-7)22-18-36/h10-22,24,27-28,33,39-43H,23,25-26,29-30H2,1-9H3,(H,50,55,57)(H,51,56,58)/b52-24-/t33-,39-,40+,41+,42+,43+/m0/s1. The number of hydrogen-bond acceptors (Lipinski definition) is 11. The van der Waals surface area contributed by atoms with Gasteiger partial charge in [-0.15, -0.1) is 0 Å². The van der Waals surface area contributed by atoms with E-state index >= 15 is 0 Å². The van der Waals surface area contributed by atoms with Crippen LogP contribution < -0.4 is 32.0 Å². The highest BCUT2D eigenvalue weighted by Crippen LogP contribution is 2.44. The van der Waals surface area contributed by atoms with E-state index in [1.54, 1.807) is 34.3 Å². The van der Waals surface area contributed by atoms with Crippen LogP contribution in [0.5, 0.6) is 11.5 Å². The maximum atomic E-state index is 14.1. The Bertz CT molecular complexity index is 2690. The summed E-state index contributed by atoms with van der Waals surface area (Å²) < 4.78 is 41.9. The second kappa shape index (κ2) is 19.5. The summed E-state index contributed by atoms with van der Waals surface area (Å²) in [5.74, 6) is 1.01. The lowest BCUT2D eigenvalue weighted by Gasteiger charge is -2.39. The zero-order valence-corrected chi connectivity index (χ0v) is 40.1. The van der Waals surface area contributed by atoms with Gasteiger partial charge in [0.05, 0.1) is 33.0 Å². The normalized spacial score (nSPS) is 21.6. The molecular weight excluding hydrogens is 863 g/mol. The zero-order chi connectivity index (χ0) is 47.6. The van der Waals surface area contributed by atoms with Crippen LogP contribution in [0.1, 0.15) is 80.3 Å². The second-order valence-electron chi connectivity index (χ2n) is 18.7. The fourth-order valence-electron chi connectivity index (χ4n) is 8.48. The Labute approximate surface area is 384 Å². The molecule has 4 heterocycles. The van der Waals surface area contributed by atoms with Crippen molar-refractivity contribution in [3.05, 3.63) is 166 Å². The third-order valence-electron chi connectivity index (χ3n) is 13.3. The summed E-state index contributed by atoms with van der Waals surface area (Å²) in [6.07, 6.45) is 1.94. The molecule has 0 aliphatic carbocycles. The lowest BCUT2D eigenvalue weighted by molar-refractivity contribution is -0.468. The summed E-state index contributed by atoms with van der Waals surface area (Å²) in [6.45, 7) is 13.8. The average Bonchev–Trinajstić information content (AvgIpc) is 3.88. The van der Waals surface area contributed by atoms with Crippen LogP contribution in [-0.4, -0.2) is 84.1 Å². The first kappa shape index (κ1) is 48.1. The van der Waals surface area contributed by atoms with Crippen LogP contribution in [0.15, 0.2) is 110 Å². The minimum absolute atomic E-state index is 0.0289. The molecule has 2 aromatic heterocycles. The van der Waals surface area contributed by atoms with E-state index in [0.29, 0.717) is 35.5 Å². The first-order valence-electron chi connectivity index (χ1n) is 22.2. The van der Waals surface area contributed by atoms with Crippen molar-refractivity contribution in [3.8, 4) is 11.5 Å². The predicted molar refractivity (Wildman–Crippen MR) is 252 cm³/mol. The smallest absolute Gasteiger partial charge is 0.330 e. The van der Waals surface area contributed by atoms with Gasteiger partial charge in [0.15, 0.2) is 21.1 Å². The Kier molecular flexibility index (Phi) is 14.2. The molecule has 0 amide bonds. The Morgan fingerprint density at radius 1 is 0.742 bits per heavy atom. The molecule has 0 radical (unpaired) electrons. The highest BCUT2D eigenvalue weighted by atomic mass is 28.4. The molecule has 2 aliphatic rings. The Morgan fingerprint density at radius 3 is 1.73 bits per heavy atom. The van der Waals surface area contributed by atoms with Gasteiger partial charge in [-0.2, -0.15) is 0 Å². The molecule has 3 aromatic carbocycles. The number of aryl methyl sites for hydroxylation is 2. The van der Waals surface area contributed by atoms with Crippen LogP contribution in [-0.2, 0) is 24.2 Å². The molecule has 6 atom stereocenters. The number of aromatic amines is 2. The lowest BCUT2D eigenvalue weighted by Crippen LogP contribution is -2.47. The monoisotopic (exact) mass is 923 g/mol. The topological polar surface area (TPSA) is 191 Å². The van der Waals surface area contributed by atoms with Gasteiger partial charge in [-0.3, -0.25) is 28.7 Å². The number of benzene rings is 3. The average molecular weight is 924 g/mol. The van der Waals surface area contributed by atoms with Gasteiger partial charge in [-0.1, -0.05) is 75.4 Å². The molecule has 0 bridgehead atoms. The van der Waals surface area contributed by atoms with Crippen molar-refractivity contribution in [1.29, 1.82) is 0 Å². The van der Waals surface area contributed by atoms with E-state index in [0.717, 1.165) is 21.4 Å². The zero-order valence-electron chi connectivity index (χ0n) is 39.1. The van der Waals surface area contributed by atoms with Crippen molar-refractivity contribution < 1.29 is 32.8 Å². The van der Waals surface area contributed by atoms with Crippen molar-refractivity contribution in [1.82, 2.24) is 19.1 Å². The van der Waals surface area contributed by atoms with Gasteiger partial charge >= 0.3 is 11.4 Å². The van der Waals surface area contributed by atoms with Crippen molar-refractivity contribution >= 4 is 14.5 Å². The Morgan fingerprint density at radius 2 is 1.23 bits per heavy atom. The minimum atomic E-state index is -2.39. The fraction of sp³-hybridized carbons (Fsp3) is 0.449. The SMILES string of the molecule is COc1ccc(C(OC[C@H]2O[C@@H](n3cc(C)c(=O)[nH]c3=O)C[C@@H]2C/C=[N+](\[O-])C[C@H]2O[C@@H](n3cc(C)c(=O)[nH]c3=O)C[C@@H]2O[Si](C)(C)C(C)(C)C)(c2ccccc2)c2ccc(OC)cc2)cc1. The molecule has 352 valence electrons. The van der Waals surface area contributed by atoms with Crippen LogP contribution in [0.4, 0.5) is 0 Å². The Balaban J connectivity index is 1.22. The third kappa shape index (κ3) is 10.1. The molecule has 2 saturated heterocycles. The summed E-state index contributed by atoms with van der Waals surface area (Å²) in [7, 11) is 0.836. The molecule has 2 fully saturated rings. The van der Waals surface area contributed by atoms with Crippen molar-refractivity contribution in [2.45, 2.75) is 108 Å². The van der Waals surface area contributed by atoms with Crippen molar-refractivity contribution in [2.75, 3.05) is 27.4 Å². The number of aromatic nitrogens is 4. The van der Waals surface area contributed by atoms with Gasteiger partial charge in [0.25, 0.3) is 11.1 Å². The summed E-state index contributed by atoms with van der Waals surface area (Å²) >= 11 is 0. The summed E-state index contributed by atoms with van der Waals surface area (Å²) in [5, 5.41) is 13.9. The van der Waals surface area contributed by atoms with E-state index in [9.17, 15) is 24.4 Å². The lowest BCUT2D eigenvalue weighted by atomic mass is 9.80. The molecule has 16 nitrogen and oxygen atoms in total. The fourth-order valence-corrected chi connectivity index (χ4v) is 9.84. The van der Waals surface area contributed by atoms with Crippen LogP contribution in [0.3, 0.4) is 0 Å². The van der Waals surface area contributed by atoms with E-state index in [1.807, 2.05) is 78.9 Å². The van der Waals surface area contributed by atoms with Gasteiger partial charge in [0.1, 0.15) is 35.7 Å². The first-order chi connectivity index (χ1) is 31.3. The number of H-pyrrole nitrogens is 2. The van der Waals surface area contributed by atoms with Crippen molar-refractivity contribution in [2.24, 2.45) is 5.92 Å². The molecule has 2 N–H and O–H groups in total. The number of ether oxygens (including phenoxy) is 5. The predicted octanol–water partition coefficient (Wildman–Crippen LogP) is 6.28.